The van der Waals surface area contributed by atoms with E-state index in [1.165, 1.54) is 17.2 Å². The van der Waals surface area contributed by atoms with E-state index < -0.39 is 0 Å². The average molecular weight is 350 g/mol. The second-order valence-electron chi connectivity index (χ2n) is 7.00. The lowest BCUT2D eigenvalue weighted by Gasteiger charge is -2.19. The van der Waals surface area contributed by atoms with Crippen LogP contribution in [-0.4, -0.2) is 29.6 Å². The standard InChI is InChI=1S/C22H23FN2O/c1-15-7-8-18-13-19-14-25(10-9-17-5-3-4-6-20(17)23)11-12-26-22(19)24-21(18)16(15)2/h3-8,13H,9-12,14H2,1-2H3. The Kier molecular flexibility index (Phi) is 4.60. The van der Waals surface area contributed by atoms with Crippen LogP contribution in [0, 0.1) is 19.7 Å². The van der Waals surface area contributed by atoms with Crippen molar-refractivity contribution in [3.05, 3.63) is 70.5 Å². The van der Waals surface area contributed by atoms with E-state index in [-0.39, 0.29) is 5.82 Å². The molecule has 4 heteroatoms. The van der Waals surface area contributed by atoms with Gasteiger partial charge in [-0.1, -0.05) is 30.3 Å². The average Bonchev–Trinajstić information content (AvgIpc) is 2.84. The fourth-order valence-corrected chi connectivity index (χ4v) is 3.51. The Hall–Kier alpha value is -2.46. The van der Waals surface area contributed by atoms with Crippen LogP contribution in [0.25, 0.3) is 10.9 Å². The minimum atomic E-state index is -0.127. The number of halogens is 1. The number of rotatable bonds is 3. The molecule has 0 unspecified atom stereocenters. The van der Waals surface area contributed by atoms with E-state index in [0.717, 1.165) is 47.5 Å². The molecule has 0 fully saturated rings. The van der Waals surface area contributed by atoms with E-state index in [1.54, 1.807) is 6.07 Å². The quantitative estimate of drug-likeness (QED) is 0.699. The van der Waals surface area contributed by atoms with Crippen molar-refractivity contribution in [1.29, 1.82) is 0 Å². The number of ether oxygens (including phenoxy) is 1. The fraction of sp³-hybridized carbons (Fsp3) is 0.318. The second-order valence-corrected chi connectivity index (χ2v) is 7.00. The number of nitrogens with zero attached hydrogens (tertiary/aromatic N) is 2. The minimum Gasteiger partial charge on any atom is -0.476 e. The third-order valence-corrected chi connectivity index (χ3v) is 5.25. The van der Waals surface area contributed by atoms with Gasteiger partial charge in [0.2, 0.25) is 5.88 Å². The fourth-order valence-electron chi connectivity index (χ4n) is 3.51. The molecule has 0 saturated carbocycles. The van der Waals surface area contributed by atoms with Gasteiger partial charge in [-0.15, -0.1) is 0 Å². The zero-order chi connectivity index (χ0) is 18.1. The van der Waals surface area contributed by atoms with Gasteiger partial charge >= 0.3 is 0 Å². The summed E-state index contributed by atoms with van der Waals surface area (Å²) in [6.45, 7) is 7.21. The van der Waals surface area contributed by atoms with Crippen molar-refractivity contribution >= 4 is 10.9 Å². The monoisotopic (exact) mass is 350 g/mol. The highest BCUT2D eigenvalue weighted by Crippen LogP contribution is 2.28. The van der Waals surface area contributed by atoms with Gasteiger partial charge in [-0.2, -0.15) is 0 Å². The number of aryl methyl sites for hydroxylation is 2. The van der Waals surface area contributed by atoms with Crippen LogP contribution in [0.2, 0.25) is 0 Å². The third kappa shape index (κ3) is 3.29. The highest BCUT2D eigenvalue weighted by molar-refractivity contribution is 5.84. The van der Waals surface area contributed by atoms with Gasteiger partial charge in [-0.25, -0.2) is 9.37 Å². The van der Waals surface area contributed by atoms with Crippen LogP contribution in [0.15, 0.2) is 42.5 Å². The number of hydrogen-bond acceptors (Lipinski definition) is 3. The molecule has 0 N–H and O–H groups in total. The molecule has 2 aromatic carbocycles. The van der Waals surface area contributed by atoms with Gasteiger partial charge in [0, 0.05) is 30.6 Å². The van der Waals surface area contributed by atoms with Gasteiger partial charge in [-0.05, 0) is 49.1 Å². The maximum atomic E-state index is 13.9. The van der Waals surface area contributed by atoms with Crippen molar-refractivity contribution in [3.63, 3.8) is 0 Å². The predicted octanol–water partition coefficient (Wildman–Crippen LogP) is 4.43. The van der Waals surface area contributed by atoms with E-state index in [9.17, 15) is 4.39 Å². The molecule has 3 nitrogen and oxygen atoms in total. The first-order valence-electron chi connectivity index (χ1n) is 9.10. The molecule has 0 amide bonds. The van der Waals surface area contributed by atoms with E-state index in [0.29, 0.717) is 13.0 Å². The Morgan fingerprint density at radius 3 is 2.85 bits per heavy atom. The zero-order valence-electron chi connectivity index (χ0n) is 15.3. The molecule has 1 aromatic heterocycles. The van der Waals surface area contributed by atoms with E-state index in [2.05, 4.69) is 36.9 Å². The molecule has 1 aliphatic heterocycles. The first-order chi connectivity index (χ1) is 12.6. The highest BCUT2D eigenvalue weighted by Gasteiger charge is 2.18. The molecule has 0 radical (unpaired) electrons. The van der Waals surface area contributed by atoms with E-state index >= 15 is 0 Å². The Balaban J connectivity index is 1.57. The number of hydrogen-bond donors (Lipinski definition) is 0. The lowest BCUT2D eigenvalue weighted by atomic mass is 10.0. The molecule has 4 rings (SSSR count). The lowest BCUT2D eigenvalue weighted by Crippen LogP contribution is -2.28. The molecule has 134 valence electrons. The third-order valence-electron chi connectivity index (χ3n) is 5.25. The zero-order valence-corrected chi connectivity index (χ0v) is 15.3. The van der Waals surface area contributed by atoms with Crippen molar-refractivity contribution in [2.75, 3.05) is 19.7 Å². The van der Waals surface area contributed by atoms with Crippen LogP contribution in [0.1, 0.15) is 22.3 Å². The number of pyridine rings is 1. The molecule has 0 saturated heterocycles. The molecule has 0 spiro atoms. The van der Waals surface area contributed by atoms with Crippen LogP contribution < -0.4 is 4.74 Å². The summed E-state index contributed by atoms with van der Waals surface area (Å²) >= 11 is 0. The van der Waals surface area contributed by atoms with Crippen molar-refractivity contribution in [2.45, 2.75) is 26.8 Å². The molecule has 1 aliphatic rings. The van der Waals surface area contributed by atoms with E-state index in [1.807, 2.05) is 12.1 Å². The van der Waals surface area contributed by atoms with Crippen molar-refractivity contribution in [2.24, 2.45) is 0 Å². The van der Waals surface area contributed by atoms with Gasteiger partial charge in [0.15, 0.2) is 0 Å². The largest absolute Gasteiger partial charge is 0.476 e. The molecule has 0 atom stereocenters. The Morgan fingerprint density at radius 2 is 2.00 bits per heavy atom. The Labute approximate surface area is 153 Å². The molecular weight excluding hydrogens is 327 g/mol. The summed E-state index contributed by atoms with van der Waals surface area (Å²) in [5, 5.41) is 1.14. The van der Waals surface area contributed by atoms with E-state index in [4.69, 9.17) is 9.72 Å². The molecule has 0 bridgehead atoms. The minimum absolute atomic E-state index is 0.127. The van der Waals surface area contributed by atoms with Crippen LogP contribution in [0.3, 0.4) is 0 Å². The normalized spacial score (nSPS) is 14.7. The summed E-state index contributed by atoms with van der Waals surface area (Å²) in [4.78, 5) is 7.11. The van der Waals surface area contributed by atoms with Gasteiger partial charge in [-0.3, -0.25) is 4.90 Å². The van der Waals surface area contributed by atoms with Crippen LogP contribution >= 0.6 is 0 Å². The summed E-state index contributed by atoms with van der Waals surface area (Å²) < 4.78 is 19.8. The van der Waals surface area contributed by atoms with Crippen LogP contribution in [-0.2, 0) is 13.0 Å². The SMILES string of the molecule is Cc1ccc2cc3c(nc2c1C)OCCN(CCc1ccccc1F)C3. The Bertz CT molecular complexity index is 954. The van der Waals surface area contributed by atoms with Crippen LogP contribution in [0.4, 0.5) is 4.39 Å². The van der Waals surface area contributed by atoms with Crippen molar-refractivity contribution < 1.29 is 9.13 Å². The topological polar surface area (TPSA) is 25.4 Å². The predicted molar refractivity (Wildman–Crippen MR) is 102 cm³/mol. The Morgan fingerprint density at radius 1 is 1.15 bits per heavy atom. The second kappa shape index (κ2) is 7.04. The van der Waals surface area contributed by atoms with Gasteiger partial charge in [0.25, 0.3) is 0 Å². The molecule has 0 aliphatic carbocycles. The van der Waals surface area contributed by atoms with Gasteiger partial charge < -0.3 is 4.74 Å². The number of fused-ring (bicyclic) bond motifs is 2. The lowest BCUT2D eigenvalue weighted by molar-refractivity contribution is 0.225. The number of benzene rings is 2. The molecular formula is C22H23FN2O. The first-order valence-corrected chi connectivity index (χ1v) is 9.10. The maximum Gasteiger partial charge on any atom is 0.218 e. The number of aromatic nitrogens is 1. The van der Waals surface area contributed by atoms with Gasteiger partial charge in [0.1, 0.15) is 12.4 Å². The first kappa shape index (κ1) is 17.0. The summed E-state index contributed by atoms with van der Waals surface area (Å²) in [5.74, 6) is 0.608. The highest BCUT2D eigenvalue weighted by atomic mass is 19.1. The summed E-state index contributed by atoms with van der Waals surface area (Å²) in [7, 11) is 0. The van der Waals surface area contributed by atoms with Crippen molar-refractivity contribution in [3.8, 4) is 5.88 Å². The van der Waals surface area contributed by atoms with Crippen LogP contribution in [0.5, 0.6) is 5.88 Å². The maximum absolute atomic E-state index is 13.9. The van der Waals surface area contributed by atoms with Gasteiger partial charge in [0.05, 0.1) is 5.52 Å². The van der Waals surface area contributed by atoms with Crippen molar-refractivity contribution in [1.82, 2.24) is 9.88 Å². The smallest absolute Gasteiger partial charge is 0.218 e. The molecule has 26 heavy (non-hydrogen) atoms. The molecule has 3 aromatic rings. The summed E-state index contributed by atoms with van der Waals surface area (Å²) in [5.41, 5.74) is 5.33. The summed E-state index contributed by atoms with van der Waals surface area (Å²) in [6.07, 6.45) is 0.696. The molecule has 2 heterocycles. The summed E-state index contributed by atoms with van der Waals surface area (Å²) in [6, 6.07) is 13.5.